The number of anilines is 2. The first-order valence-electron chi connectivity index (χ1n) is 10.2. The van der Waals surface area contributed by atoms with Crippen LogP contribution in [0.2, 0.25) is 0 Å². The Kier molecular flexibility index (Phi) is 5.69. The van der Waals surface area contributed by atoms with Crippen LogP contribution in [-0.2, 0) is 16.1 Å². The Morgan fingerprint density at radius 3 is 2.52 bits per heavy atom. The van der Waals surface area contributed by atoms with Crippen molar-refractivity contribution >= 4 is 23.2 Å². The number of fused-ring (bicyclic) bond motifs is 1. The Morgan fingerprint density at radius 1 is 1.03 bits per heavy atom. The lowest BCUT2D eigenvalue weighted by atomic mass is 10.1. The summed E-state index contributed by atoms with van der Waals surface area (Å²) >= 11 is 0. The Balaban J connectivity index is 1.39. The van der Waals surface area contributed by atoms with Crippen LogP contribution in [0.15, 0.2) is 48.5 Å². The maximum atomic E-state index is 12.8. The van der Waals surface area contributed by atoms with E-state index in [4.69, 9.17) is 4.74 Å². The molecule has 2 heterocycles. The summed E-state index contributed by atoms with van der Waals surface area (Å²) in [5.74, 6) is 0.601. The topological polar surface area (TPSA) is 53.1 Å². The van der Waals surface area contributed by atoms with Gasteiger partial charge in [0.2, 0.25) is 5.91 Å². The molecular weight excluding hydrogens is 366 g/mol. The zero-order valence-electron chi connectivity index (χ0n) is 16.8. The fourth-order valence-corrected chi connectivity index (χ4v) is 4.05. The molecule has 0 aromatic heterocycles. The van der Waals surface area contributed by atoms with E-state index >= 15 is 0 Å². The maximum absolute atomic E-state index is 12.8. The van der Waals surface area contributed by atoms with E-state index in [1.165, 1.54) is 18.5 Å². The monoisotopic (exact) mass is 393 g/mol. The van der Waals surface area contributed by atoms with Crippen LogP contribution in [0.1, 0.15) is 24.8 Å². The molecule has 2 aromatic carbocycles. The Hall–Kier alpha value is -3.02. The highest BCUT2D eigenvalue weighted by atomic mass is 16.5. The molecule has 1 fully saturated rings. The summed E-state index contributed by atoms with van der Waals surface area (Å²) in [5.41, 5.74) is 3.12. The van der Waals surface area contributed by atoms with Crippen molar-refractivity contribution in [3.8, 4) is 5.75 Å². The van der Waals surface area contributed by atoms with Gasteiger partial charge in [0.25, 0.3) is 5.91 Å². The number of carbonyl (C=O) groups excluding carboxylic acids is 2. The van der Waals surface area contributed by atoms with Gasteiger partial charge in [0.15, 0.2) is 6.61 Å². The Morgan fingerprint density at radius 2 is 1.72 bits per heavy atom. The van der Waals surface area contributed by atoms with Gasteiger partial charge in [-0.1, -0.05) is 30.3 Å². The predicted octanol–water partition coefficient (Wildman–Crippen LogP) is 3.06. The van der Waals surface area contributed by atoms with Crippen molar-refractivity contribution in [2.45, 2.75) is 25.8 Å². The molecule has 152 valence electrons. The fraction of sp³-hybridized carbons (Fsp3) is 0.391. The molecule has 0 aliphatic carbocycles. The van der Waals surface area contributed by atoms with Crippen molar-refractivity contribution in [3.05, 3.63) is 54.1 Å². The molecule has 6 nitrogen and oxygen atoms in total. The van der Waals surface area contributed by atoms with Crippen LogP contribution in [0.5, 0.6) is 5.75 Å². The second-order valence-corrected chi connectivity index (χ2v) is 7.62. The van der Waals surface area contributed by atoms with Crippen molar-refractivity contribution in [2.24, 2.45) is 0 Å². The number of para-hydroxylation sites is 3. The van der Waals surface area contributed by atoms with E-state index in [-0.39, 0.29) is 24.8 Å². The average Bonchev–Trinajstić information content (AvgIpc) is 3.28. The van der Waals surface area contributed by atoms with Crippen LogP contribution < -0.4 is 14.5 Å². The van der Waals surface area contributed by atoms with Crippen LogP contribution in [0.4, 0.5) is 11.4 Å². The van der Waals surface area contributed by atoms with E-state index < -0.39 is 0 Å². The third kappa shape index (κ3) is 4.21. The predicted molar refractivity (Wildman–Crippen MR) is 113 cm³/mol. The summed E-state index contributed by atoms with van der Waals surface area (Å²) in [6.07, 6.45) is 2.72. The van der Waals surface area contributed by atoms with Crippen LogP contribution in [0, 0.1) is 0 Å². The van der Waals surface area contributed by atoms with Gasteiger partial charge in [-0.05, 0) is 36.6 Å². The van der Waals surface area contributed by atoms with Crippen molar-refractivity contribution in [1.29, 1.82) is 0 Å². The van der Waals surface area contributed by atoms with E-state index in [0.717, 1.165) is 24.3 Å². The summed E-state index contributed by atoms with van der Waals surface area (Å²) in [5, 5.41) is 0. The standard InChI is InChI=1S/C23H27N3O3/c1-24(16-18-8-2-3-9-19(18)25-13-6-7-14-25)22(27)12-15-26-20-10-4-5-11-21(20)29-17-23(26)28/h2-5,8-11H,6-7,12-17H2,1H3. The van der Waals surface area contributed by atoms with Gasteiger partial charge in [-0.25, -0.2) is 0 Å². The first-order valence-corrected chi connectivity index (χ1v) is 10.2. The van der Waals surface area contributed by atoms with Gasteiger partial charge >= 0.3 is 0 Å². The number of amides is 2. The minimum Gasteiger partial charge on any atom is -0.482 e. The SMILES string of the molecule is CN(Cc1ccccc1N1CCCC1)C(=O)CCN1C(=O)COc2ccccc21. The van der Waals surface area contributed by atoms with Gasteiger partial charge in [-0.2, -0.15) is 0 Å². The molecule has 0 spiro atoms. The summed E-state index contributed by atoms with van der Waals surface area (Å²) < 4.78 is 5.47. The lowest BCUT2D eigenvalue weighted by Crippen LogP contribution is -2.41. The summed E-state index contributed by atoms with van der Waals surface area (Å²) in [7, 11) is 1.83. The van der Waals surface area contributed by atoms with E-state index in [1.54, 1.807) is 9.80 Å². The fourth-order valence-electron chi connectivity index (χ4n) is 4.05. The number of rotatable bonds is 6. The van der Waals surface area contributed by atoms with E-state index in [0.29, 0.717) is 18.8 Å². The second kappa shape index (κ2) is 8.55. The van der Waals surface area contributed by atoms with Gasteiger partial charge in [-0.15, -0.1) is 0 Å². The van der Waals surface area contributed by atoms with Crippen molar-refractivity contribution in [1.82, 2.24) is 4.90 Å². The van der Waals surface area contributed by atoms with Gasteiger partial charge in [-0.3, -0.25) is 9.59 Å². The minimum absolute atomic E-state index is 0.0181. The molecule has 2 aliphatic rings. The summed E-state index contributed by atoms with van der Waals surface area (Å²) in [4.78, 5) is 30.9. The molecule has 29 heavy (non-hydrogen) atoms. The molecule has 6 heteroatoms. The molecule has 4 rings (SSSR count). The molecular formula is C23H27N3O3. The summed E-state index contributed by atoms with van der Waals surface area (Å²) in [6.45, 7) is 3.10. The minimum atomic E-state index is -0.112. The van der Waals surface area contributed by atoms with Crippen LogP contribution in [0.25, 0.3) is 0 Å². The highest BCUT2D eigenvalue weighted by Crippen LogP contribution is 2.31. The molecule has 0 unspecified atom stereocenters. The first-order chi connectivity index (χ1) is 14.1. The number of ether oxygens (including phenoxy) is 1. The molecule has 0 saturated carbocycles. The number of benzene rings is 2. The molecule has 2 aromatic rings. The highest BCUT2D eigenvalue weighted by molar-refractivity contribution is 5.98. The number of nitrogens with zero attached hydrogens (tertiary/aromatic N) is 3. The van der Waals surface area contributed by atoms with E-state index in [1.807, 2.05) is 37.4 Å². The number of carbonyl (C=O) groups is 2. The zero-order valence-corrected chi connectivity index (χ0v) is 16.8. The van der Waals surface area contributed by atoms with Gasteiger partial charge in [0.05, 0.1) is 5.69 Å². The lowest BCUT2D eigenvalue weighted by molar-refractivity contribution is -0.130. The van der Waals surface area contributed by atoms with Gasteiger partial charge in [0, 0.05) is 45.3 Å². The molecule has 2 aliphatic heterocycles. The van der Waals surface area contributed by atoms with Crippen LogP contribution >= 0.6 is 0 Å². The van der Waals surface area contributed by atoms with Crippen LogP contribution in [0.3, 0.4) is 0 Å². The van der Waals surface area contributed by atoms with Crippen molar-refractivity contribution in [2.75, 3.05) is 43.1 Å². The maximum Gasteiger partial charge on any atom is 0.265 e. The molecule has 0 N–H and O–H groups in total. The quantitative estimate of drug-likeness (QED) is 0.757. The molecule has 0 radical (unpaired) electrons. The number of hydrogen-bond acceptors (Lipinski definition) is 4. The zero-order chi connectivity index (χ0) is 20.2. The van der Waals surface area contributed by atoms with Crippen molar-refractivity contribution in [3.63, 3.8) is 0 Å². The lowest BCUT2D eigenvalue weighted by Gasteiger charge is -2.30. The molecule has 1 saturated heterocycles. The first kappa shape index (κ1) is 19.3. The highest BCUT2D eigenvalue weighted by Gasteiger charge is 2.26. The van der Waals surface area contributed by atoms with E-state index in [9.17, 15) is 9.59 Å². The third-order valence-electron chi connectivity index (χ3n) is 5.63. The van der Waals surface area contributed by atoms with Crippen LogP contribution in [-0.4, -0.2) is 50.0 Å². The Labute approximate surface area is 171 Å². The second-order valence-electron chi connectivity index (χ2n) is 7.62. The van der Waals surface area contributed by atoms with Gasteiger partial charge in [0.1, 0.15) is 5.75 Å². The van der Waals surface area contributed by atoms with Crippen molar-refractivity contribution < 1.29 is 14.3 Å². The molecule has 0 bridgehead atoms. The average molecular weight is 393 g/mol. The summed E-state index contributed by atoms with van der Waals surface area (Å²) in [6, 6.07) is 15.8. The smallest absolute Gasteiger partial charge is 0.265 e. The molecule has 0 atom stereocenters. The largest absolute Gasteiger partial charge is 0.482 e. The van der Waals surface area contributed by atoms with E-state index in [2.05, 4.69) is 23.1 Å². The number of hydrogen-bond donors (Lipinski definition) is 0. The third-order valence-corrected chi connectivity index (χ3v) is 5.63. The van der Waals surface area contributed by atoms with Gasteiger partial charge < -0.3 is 19.4 Å². The normalized spacial score (nSPS) is 15.8. The Bertz CT molecular complexity index is 892. The molecule has 2 amide bonds.